The molecular formula is C21H12FN7O. The number of para-hydroxylation sites is 1. The number of furan rings is 1. The molecule has 0 bridgehead atoms. The Morgan fingerprint density at radius 1 is 0.933 bits per heavy atom. The number of fused-ring (bicyclic) bond motifs is 2. The first-order valence-electron chi connectivity index (χ1n) is 9.09. The Hall–Kier alpha value is -4.40. The average Bonchev–Trinajstić information content (AvgIpc) is 3.53. The molecular weight excluding hydrogens is 385 g/mol. The molecule has 2 N–H and O–H groups in total. The van der Waals surface area contributed by atoms with E-state index in [1.165, 1.54) is 24.9 Å². The molecule has 0 aliphatic heterocycles. The van der Waals surface area contributed by atoms with Gasteiger partial charge >= 0.3 is 0 Å². The van der Waals surface area contributed by atoms with E-state index >= 15 is 4.39 Å². The second-order valence-corrected chi connectivity index (χ2v) is 6.71. The number of nitrogens with zero attached hydrogens (tertiary/aromatic N) is 5. The van der Waals surface area contributed by atoms with Gasteiger partial charge in [0, 0.05) is 29.1 Å². The molecule has 0 amide bonds. The van der Waals surface area contributed by atoms with Crippen LogP contribution in [0.4, 0.5) is 4.39 Å². The van der Waals surface area contributed by atoms with Gasteiger partial charge in [0.25, 0.3) is 0 Å². The van der Waals surface area contributed by atoms with Crippen LogP contribution in [0.25, 0.3) is 55.8 Å². The zero-order valence-electron chi connectivity index (χ0n) is 15.3. The number of aromatic amines is 2. The van der Waals surface area contributed by atoms with E-state index in [1.807, 2.05) is 24.3 Å². The van der Waals surface area contributed by atoms with E-state index in [4.69, 9.17) is 9.40 Å². The highest BCUT2D eigenvalue weighted by atomic mass is 19.1. The maximum Gasteiger partial charge on any atom is 0.161 e. The molecule has 9 heteroatoms. The highest BCUT2D eigenvalue weighted by Gasteiger charge is 2.21. The normalized spacial score (nSPS) is 11.5. The molecule has 0 radical (unpaired) electrons. The third-order valence-electron chi connectivity index (χ3n) is 4.95. The van der Waals surface area contributed by atoms with Gasteiger partial charge in [-0.2, -0.15) is 5.10 Å². The first-order valence-corrected chi connectivity index (χ1v) is 9.09. The minimum absolute atomic E-state index is 0.154. The quantitative estimate of drug-likeness (QED) is 0.459. The lowest BCUT2D eigenvalue weighted by atomic mass is 10.1. The van der Waals surface area contributed by atoms with Crippen LogP contribution in [0.5, 0.6) is 0 Å². The van der Waals surface area contributed by atoms with E-state index in [1.54, 1.807) is 12.5 Å². The van der Waals surface area contributed by atoms with Crippen LogP contribution in [0, 0.1) is 5.82 Å². The van der Waals surface area contributed by atoms with Gasteiger partial charge < -0.3 is 9.40 Å². The van der Waals surface area contributed by atoms with Crippen molar-refractivity contribution in [2.75, 3.05) is 0 Å². The molecule has 0 saturated carbocycles. The molecule has 1 aromatic carbocycles. The van der Waals surface area contributed by atoms with Gasteiger partial charge in [-0.15, -0.1) is 0 Å². The smallest absolute Gasteiger partial charge is 0.161 e. The summed E-state index contributed by atoms with van der Waals surface area (Å²) in [6, 6.07) is 7.66. The molecule has 0 spiro atoms. The predicted octanol–water partition coefficient (Wildman–Crippen LogP) is 4.36. The number of hydrogen-bond acceptors (Lipinski definition) is 6. The molecule has 5 heterocycles. The first kappa shape index (κ1) is 16.5. The number of pyridine rings is 1. The molecule has 5 aromatic heterocycles. The molecule has 0 aliphatic rings. The SMILES string of the molecule is Fc1c(-c2cncnc2)ncc2[nH]nc(-c3nc4c(-c5ccoc5)cccc4[nH]3)c12. The van der Waals surface area contributed by atoms with Crippen LogP contribution in [0.3, 0.4) is 0 Å². The Morgan fingerprint density at radius 2 is 1.83 bits per heavy atom. The monoisotopic (exact) mass is 397 g/mol. The van der Waals surface area contributed by atoms with Crippen LogP contribution >= 0.6 is 0 Å². The van der Waals surface area contributed by atoms with Gasteiger partial charge in [-0.25, -0.2) is 19.3 Å². The van der Waals surface area contributed by atoms with Gasteiger partial charge in [-0.3, -0.25) is 10.1 Å². The number of benzene rings is 1. The van der Waals surface area contributed by atoms with Crippen molar-refractivity contribution in [3.05, 3.63) is 67.5 Å². The van der Waals surface area contributed by atoms with E-state index in [0.29, 0.717) is 28.0 Å². The van der Waals surface area contributed by atoms with Gasteiger partial charge in [0.1, 0.15) is 17.7 Å². The van der Waals surface area contributed by atoms with Gasteiger partial charge in [0.15, 0.2) is 11.6 Å². The minimum atomic E-state index is -0.512. The van der Waals surface area contributed by atoms with Crippen molar-refractivity contribution in [3.8, 4) is 33.9 Å². The first-order chi connectivity index (χ1) is 14.8. The summed E-state index contributed by atoms with van der Waals surface area (Å²) < 4.78 is 20.7. The van der Waals surface area contributed by atoms with Crippen LogP contribution in [0.15, 0.2) is 66.1 Å². The summed E-state index contributed by atoms with van der Waals surface area (Å²) in [5, 5.41) is 7.43. The van der Waals surface area contributed by atoms with Gasteiger partial charge in [0.2, 0.25) is 0 Å². The topological polar surface area (TPSA) is 109 Å². The van der Waals surface area contributed by atoms with Crippen LogP contribution in [0.2, 0.25) is 0 Å². The van der Waals surface area contributed by atoms with Gasteiger partial charge in [-0.05, 0) is 12.1 Å². The maximum atomic E-state index is 15.5. The summed E-state index contributed by atoms with van der Waals surface area (Å²) in [4.78, 5) is 20.1. The molecule has 0 saturated heterocycles. The Balaban J connectivity index is 1.57. The Bertz CT molecular complexity index is 1500. The Morgan fingerprint density at radius 3 is 2.67 bits per heavy atom. The number of rotatable bonds is 3. The fraction of sp³-hybridized carbons (Fsp3) is 0. The average molecular weight is 397 g/mol. The number of hydrogen-bond donors (Lipinski definition) is 2. The summed E-state index contributed by atoms with van der Waals surface area (Å²) in [6.07, 6.45) is 9.23. The lowest BCUT2D eigenvalue weighted by molar-refractivity contribution is 0.568. The van der Waals surface area contributed by atoms with Crippen LogP contribution in [-0.2, 0) is 0 Å². The van der Waals surface area contributed by atoms with Crippen molar-refractivity contribution < 1.29 is 8.81 Å². The minimum Gasteiger partial charge on any atom is -0.472 e. The van der Waals surface area contributed by atoms with Crippen molar-refractivity contribution >= 4 is 21.9 Å². The lowest BCUT2D eigenvalue weighted by Crippen LogP contribution is -1.93. The summed E-state index contributed by atoms with van der Waals surface area (Å²) >= 11 is 0. The van der Waals surface area contributed by atoms with Crippen LogP contribution in [0.1, 0.15) is 0 Å². The van der Waals surface area contributed by atoms with E-state index in [0.717, 1.165) is 22.2 Å². The summed E-state index contributed by atoms with van der Waals surface area (Å²) in [5.74, 6) is -0.0610. The zero-order valence-corrected chi connectivity index (χ0v) is 15.3. The maximum absolute atomic E-state index is 15.5. The molecule has 6 aromatic rings. The number of halogens is 1. The lowest BCUT2D eigenvalue weighted by Gasteiger charge is -2.03. The van der Waals surface area contributed by atoms with Crippen molar-refractivity contribution in [1.29, 1.82) is 0 Å². The fourth-order valence-electron chi connectivity index (χ4n) is 3.56. The van der Waals surface area contributed by atoms with E-state index in [9.17, 15) is 0 Å². The standard InChI is InChI=1S/C21H12FN7O/c22-17-16-15(8-25-18(17)12-6-23-10-24-7-12)28-29-20(16)21-26-14-3-1-2-13(19(14)27-21)11-4-5-30-9-11/h1-10H,(H,26,27)(H,28,29). The molecule has 0 unspecified atom stereocenters. The second-order valence-electron chi connectivity index (χ2n) is 6.71. The number of aromatic nitrogens is 7. The highest BCUT2D eigenvalue weighted by Crippen LogP contribution is 2.34. The number of nitrogens with one attached hydrogen (secondary N) is 2. The molecule has 0 fully saturated rings. The molecule has 0 aliphatic carbocycles. The van der Waals surface area contributed by atoms with E-state index < -0.39 is 5.82 Å². The fourth-order valence-corrected chi connectivity index (χ4v) is 3.56. The number of imidazole rings is 1. The number of H-pyrrole nitrogens is 2. The van der Waals surface area contributed by atoms with E-state index in [2.05, 4.69) is 30.1 Å². The van der Waals surface area contributed by atoms with Crippen molar-refractivity contribution in [2.24, 2.45) is 0 Å². The zero-order chi connectivity index (χ0) is 20.1. The third-order valence-corrected chi connectivity index (χ3v) is 4.95. The largest absolute Gasteiger partial charge is 0.472 e. The van der Waals surface area contributed by atoms with Gasteiger partial charge in [-0.1, -0.05) is 12.1 Å². The second kappa shape index (κ2) is 6.31. The third kappa shape index (κ3) is 2.42. The van der Waals surface area contributed by atoms with Gasteiger partial charge in [0.05, 0.1) is 40.7 Å². The van der Waals surface area contributed by atoms with Crippen LogP contribution < -0.4 is 0 Å². The van der Waals surface area contributed by atoms with Crippen LogP contribution in [-0.4, -0.2) is 35.1 Å². The van der Waals surface area contributed by atoms with Crippen molar-refractivity contribution in [1.82, 2.24) is 35.1 Å². The van der Waals surface area contributed by atoms with E-state index in [-0.39, 0.29) is 5.69 Å². The Labute approximate surface area is 167 Å². The Kier molecular flexibility index (Phi) is 3.48. The van der Waals surface area contributed by atoms with Crippen molar-refractivity contribution in [3.63, 3.8) is 0 Å². The summed E-state index contributed by atoms with van der Waals surface area (Å²) in [5.41, 5.74) is 4.86. The molecule has 0 atom stereocenters. The predicted molar refractivity (Wildman–Crippen MR) is 108 cm³/mol. The molecule has 144 valence electrons. The molecule has 8 nitrogen and oxygen atoms in total. The highest BCUT2D eigenvalue weighted by molar-refractivity contribution is 5.98. The summed E-state index contributed by atoms with van der Waals surface area (Å²) in [7, 11) is 0. The summed E-state index contributed by atoms with van der Waals surface area (Å²) in [6.45, 7) is 0. The van der Waals surface area contributed by atoms with Crippen molar-refractivity contribution in [2.45, 2.75) is 0 Å². The molecule has 30 heavy (non-hydrogen) atoms. The molecule has 6 rings (SSSR count).